The topological polar surface area (TPSA) is 38.0 Å². The van der Waals surface area contributed by atoms with Crippen molar-refractivity contribution in [3.8, 4) is 0 Å². The van der Waals surface area contributed by atoms with Gasteiger partial charge in [0.1, 0.15) is 17.4 Å². The fraction of sp³-hybridized carbons (Fsp3) is 0.0667. The predicted molar refractivity (Wildman–Crippen MR) is 79.1 cm³/mol. The van der Waals surface area contributed by atoms with Gasteiger partial charge >= 0.3 is 0 Å². The molecule has 0 spiro atoms. The van der Waals surface area contributed by atoms with E-state index in [9.17, 15) is 5.11 Å². The Morgan fingerprint density at radius 1 is 1.05 bits per heavy atom. The van der Waals surface area contributed by atoms with Crippen molar-refractivity contribution in [2.75, 3.05) is 0 Å². The summed E-state index contributed by atoms with van der Waals surface area (Å²) in [5, 5.41) is 10.3. The van der Waals surface area contributed by atoms with E-state index in [-0.39, 0.29) is 0 Å². The van der Waals surface area contributed by atoms with E-state index < -0.39 is 6.10 Å². The van der Waals surface area contributed by atoms with Gasteiger partial charge in [-0.25, -0.2) is 4.98 Å². The summed E-state index contributed by atoms with van der Waals surface area (Å²) in [7, 11) is 0. The van der Waals surface area contributed by atoms with Crippen LogP contribution < -0.4 is 0 Å². The van der Waals surface area contributed by atoms with Gasteiger partial charge in [-0.2, -0.15) is 0 Å². The Kier molecular flexibility index (Phi) is 3.11. The average Bonchev–Trinajstić information content (AvgIpc) is 2.90. The summed E-state index contributed by atoms with van der Waals surface area (Å²) in [5.41, 5.74) is 2.55. The third kappa shape index (κ3) is 2.16. The van der Waals surface area contributed by atoms with Crippen LogP contribution in [0.1, 0.15) is 11.7 Å². The summed E-state index contributed by atoms with van der Waals surface area (Å²) in [4.78, 5) is 4.71. The van der Waals surface area contributed by atoms with E-state index in [1.54, 1.807) is 10.9 Å². The van der Waals surface area contributed by atoms with Crippen LogP contribution in [-0.2, 0) is 0 Å². The molecule has 0 fully saturated rings. The standard InChI is InChI=1S/C15H12N2OS/c18-14(11-6-2-1-3-7-11)15(19)17-10-16-12-8-4-5-9-13(12)17/h1-10,14,18H. The number of para-hydroxylation sites is 2. The summed E-state index contributed by atoms with van der Waals surface area (Å²) >= 11 is 5.38. The Hall–Kier alpha value is -2.04. The minimum absolute atomic E-state index is 0.430. The molecule has 1 unspecified atom stereocenters. The first kappa shape index (κ1) is 12.0. The zero-order valence-corrected chi connectivity index (χ0v) is 10.9. The molecule has 0 saturated carbocycles. The average molecular weight is 268 g/mol. The largest absolute Gasteiger partial charge is 0.381 e. The highest BCUT2D eigenvalue weighted by molar-refractivity contribution is 7.80. The van der Waals surface area contributed by atoms with Crippen molar-refractivity contribution in [3.05, 3.63) is 66.5 Å². The molecule has 3 aromatic rings. The van der Waals surface area contributed by atoms with Crippen LogP contribution in [0.3, 0.4) is 0 Å². The van der Waals surface area contributed by atoms with Crippen LogP contribution >= 0.6 is 12.2 Å². The number of aromatic nitrogens is 2. The smallest absolute Gasteiger partial charge is 0.130 e. The molecular formula is C15H12N2OS. The van der Waals surface area contributed by atoms with Gasteiger partial charge in [-0.15, -0.1) is 0 Å². The Balaban J connectivity index is 2.00. The van der Waals surface area contributed by atoms with Gasteiger partial charge < -0.3 is 5.11 Å². The number of benzene rings is 2. The summed E-state index contributed by atoms with van der Waals surface area (Å²) in [5.74, 6) is 0. The minimum Gasteiger partial charge on any atom is -0.381 e. The van der Waals surface area contributed by atoms with Crippen molar-refractivity contribution in [2.45, 2.75) is 6.10 Å². The third-order valence-electron chi connectivity index (χ3n) is 3.04. The minimum atomic E-state index is -0.811. The molecule has 4 heteroatoms. The molecule has 3 rings (SSSR count). The molecule has 0 amide bonds. The molecule has 94 valence electrons. The Bertz CT molecular complexity index is 721. The molecular weight excluding hydrogens is 256 g/mol. The van der Waals surface area contributed by atoms with Crippen LogP contribution in [0.5, 0.6) is 0 Å². The number of fused-ring (bicyclic) bond motifs is 1. The number of imidazole rings is 1. The maximum absolute atomic E-state index is 10.3. The SMILES string of the molecule is OC(C(=S)n1cnc2ccccc21)c1ccccc1. The molecule has 1 atom stereocenters. The van der Waals surface area contributed by atoms with E-state index in [0.29, 0.717) is 4.99 Å². The van der Waals surface area contributed by atoms with Crippen molar-refractivity contribution >= 4 is 28.2 Å². The summed E-state index contributed by atoms with van der Waals surface area (Å²) < 4.78 is 1.75. The molecule has 3 nitrogen and oxygen atoms in total. The van der Waals surface area contributed by atoms with E-state index in [0.717, 1.165) is 16.6 Å². The fourth-order valence-electron chi connectivity index (χ4n) is 2.04. The lowest BCUT2D eigenvalue weighted by Gasteiger charge is -2.13. The molecule has 0 aliphatic heterocycles. The maximum atomic E-state index is 10.3. The number of hydrogen-bond donors (Lipinski definition) is 1. The molecule has 0 aliphatic carbocycles. The number of hydrogen-bond acceptors (Lipinski definition) is 3. The van der Waals surface area contributed by atoms with Crippen molar-refractivity contribution < 1.29 is 5.11 Å². The third-order valence-corrected chi connectivity index (χ3v) is 3.46. The van der Waals surface area contributed by atoms with Gasteiger partial charge in [0.15, 0.2) is 0 Å². The van der Waals surface area contributed by atoms with Crippen LogP contribution in [-0.4, -0.2) is 19.6 Å². The summed E-state index contributed by atoms with van der Waals surface area (Å²) in [6.45, 7) is 0. The molecule has 2 aromatic carbocycles. The quantitative estimate of drug-likeness (QED) is 0.726. The monoisotopic (exact) mass is 268 g/mol. The predicted octanol–water partition coefficient (Wildman–Crippen LogP) is 2.95. The zero-order valence-electron chi connectivity index (χ0n) is 10.1. The summed E-state index contributed by atoms with van der Waals surface area (Å²) in [6.07, 6.45) is 0.841. The van der Waals surface area contributed by atoms with Crippen LogP contribution in [0.25, 0.3) is 11.0 Å². The maximum Gasteiger partial charge on any atom is 0.130 e. The van der Waals surface area contributed by atoms with E-state index >= 15 is 0 Å². The highest BCUT2D eigenvalue weighted by atomic mass is 32.1. The van der Waals surface area contributed by atoms with E-state index in [1.807, 2.05) is 54.6 Å². The van der Waals surface area contributed by atoms with Gasteiger partial charge in [-0.05, 0) is 17.7 Å². The lowest BCUT2D eigenvalue weighted by molar-refractivity contribution is 0.247. The number of aliphatic hydroxyl groups is 1. The highest BCUT2D eigenvalue weighted by Crippen LogP contribution is 2.19. The second kappa shape index (κ2) is 4.91. The number of rotatable bonds is 2. The molecule has 19 heavy (non-hydrogen) atoms. The van der Waals surface area contributed by atoms with Crippen molar-refractivity contribution in [1.29, 1.82) is 0 Å². The van der Waals surface area contributed by atoms with E-state index in [4.69, 9.17) is 12.2 Å². The molecule has 1 N–H and O–H groups in total. The second-order valence-corrected chi connectivity index (χ2v) is 4.67. The van der Waals surface area contributed by atoms with Crippen LogP contribution in [0.2, 0.25) is 0 Å². The number of nitrogens with zero attached hydrogens (tertiary/aromatic N) is 2. The molecule has 0 saturated heterocycles. The molecule has 0 aliphatic rings. The first-order chi connectivity index (χ1) is 9.27. The van der Waals surface area contributed by atoms with Crippen molar-refractivity contribution in [3.63, 3.8) is 0 Å². The highest BCUT2D eigenvalue weighted by Gasteiger charge is 2.16. The molecule has 0 bridgehead atoms. The lowest BCUT2D eigenvalue weighted by atomic mass is 10.1. The Morgan fingerprint density at radius 2 is 1.74 bits per heavy atom. The fourth-order valence-corrected chi connectivity index (χ4v) is 2.33. The van der Waals surface area contributed by atoms with Gasteiger partial charge in [0.05, 0.1) is 11.0 Å². The normalized spacial score (nSPS) is 12.5. The van der Waals surface area contributed by atoms with Crippen molar-refractivity contribution in [2.24, 2.45) is 0 Å². The van der Waals surface area contributed by atoms with Crippen LogP contribution in [0.15, 0.2) is 60.9 Å². The molecule has 1 aromatic heterocycles. The van der Waals surface area contributed by atoms with Gasteiger partial charge in [-0.1, -0.05) is 54.7 Å². The van der Waals surface area contributed by atoms with E-state index in [2.05, 4.69) is 4.98 Å². The van der Waals surface area contributed by atoms with Gasteiger partial charge in [0.2, 0.25) is 0 Å². The molecule has 0 radical (unpaired) electrons. The first-order valence-corrected chi connectivity index (χ1v) is 6.37. The Morgan fingerprint density at radius 3 is 2.53 bits per heavy atom. The van der Waals surface area contributed by atoms with Crippen LogP contribution in [0.4, 0.5) is 0 Å². The van der Waals surface area contributed by atoms with Crippen molar-refractivity contribution in [1.82, 2.24) is 9.55 Å². The zero-order chi connectivity index (χ0) is 13.2. The van der Waals surface area contributed by atoms with Gasteiger partial charge in [-0.3, -0.25) is 4.57 Å². The molecule has 1 heterocycles. The van der Waals surface area contributed by atoms with Crippen LogP contribution in [0, 0.1) is 0 Å². The Labute approximate surface area is 116 Å². The summed E-state index contributed by atoms with van der Waals surface area (Å²) in [6, 6.07) is 17.1. The number of aliphatic hydroxyl groups excluding tert-OH is 1. The van der Waals surface area contributed by atoms with Gasteiger partial charge in [0, 0.05) is 0 Å². The first-order valence-electron chi connectivity index (χ1n) is 5.96. The van der Waals surface area contributed by atoms with Gasteiger partial charge in [0.25, 0.3) is 0 Å². The number of thiocarbonyl (C=S) groups is 1. The van der Waals surface area contributed by atoms with E-state index in [1.165, 1.54) is 0 Å². The second-order valence-electron chi connectivity index (χ2n) is 4.25. The lowest BCUT2D eigenvalue weighted by Crippen LogP contribution is -2.17.